The van der Waals surface area contributed by atoms with Crippen LogP contribution in [0.3, 0.4) is 0 Å². The van der Waals surface area contributed by atoms with E-state index >= 15 is 0 Å². The van der Waals surface area contributed by atoms with Crippen LogP contribution >= 0.6 is 15.9 Å². The topological polar surface area (TPSA) is 72.2 Å². The van der Waals surface area contributed by atoms with Crippen LogP contribution in [0.25, 0.3) is 0 Å². The number of primary amides is 1. The molecule has 0 aliphatic rings. The monoisotopic (exact) mass is 256 g/mol. The highest BCUT2D eigenvalue weighted by atomic mass is 79.9. The average Bonchev–Trinajstić information content (AvgIpc) is 2.18. The summed E-state index contributed by atoms with van der Waals surface area (Å²) in [5.74, 6) is -0.929. The number of carbonyl (C=O) groups is 2. The van der Waals surface area contributed by atoms with Gasteiger partial charge in [-0.1, -0.05) is 28.1 Å². The predicted molar refractivity (Wildman–Crippen MR) is 56.2 cm³/mol. The van der Waals surface area contributed by atoms with Crippen LogP contribution in [0.15, 0.2) is 24.3 Å². The molecule has 0 aromatic heterocycles. The summed E-state index contributed by atoms with van der Waals surface area (Å²) in [6, 6.07) is 6.41. The van der Waals surface area contributed by atoms with Gasteiger partial charge in [0.15, 0.2) is 0 Å². The Kier molecular flexibility index (Phi) is 3.64. The van der Waals surface area contributed by atoms with E-state index in [4.69, 9.17) is 5.73 Å². The molecule has 0 bridgehead atoms. The number of alkyl halides is 1. The van der Waals surface area contributed by atoms with E-state index in [1.54, 1.807) is 18.2 Å². The molecular weight excluding hydrogens is 248 g/mol. The SMILES string of the molecule is NC(=O)c1ccccc1C(=O)NCBr. The van der Waals surface area contributed by atoms with Crippen LogP contribution in [0.4, 0.5) is 0 Å². The maximum atomic E-state index is 11.4. The Balaban J connectivity index is 3.07. The van der Waals surface area contributed by atoms with Gasteiger partial charge in [-0.05, 0) is 12.1 Å². The first-order valence-corrected chi connectivity index (χ1v) is 5.02. The first-order valence-electron chi connectivity index (χ1n) is 3.90. The number of hydrogen-bond donors (Lipinski definition) is 2. The van der Waals surface area contributed by atoms with Crippen molar-refractivity contribution in [3.8, 4) is 0 Å². The minimum atomic E-state index is -0.606. The maximum absolute atomic E-state index is 11.4. The lowest BCUT2D eigenvalue weighted by atomic mass is 10.1. The molecule has 0 aliphatic carbocycles. The van der Waals surface area contributed by atoms with Crippen molar-refractivity contribution in [1.82, 2.24) is 5.32 Å². The molecule has 1 rings (SSSR count). The van der Waals surface area contributed by atoms with E-state index in [1.165, 1.54) is 6.07 Å². The van der Waals surface area contributed by atoms with Gasteiger partial charge in [0.05, 0.1) is 16.6 Å². The van der Waals surface area contributed by atoms with Crippen molar-refractivity contribution >= 4 is 27.7 Å². The highest BCUT2D eigenvalue weighted by molar-refractivity contribution is 9.09. The van der Waals surface area contributed by atoms with Crippen molar-refractivity contribution < 1.29 is 9.59 Å². The number of nitrogens with two attached hydrogens (primary N) is 1. The number of benzene rings is 1. The Morgan fingerprint density at radius 3 is 2.36 bits per heavy atom. The quantitative estimate of drug-likeness (QED) is 0.622. The van der Waals surface area contributed by atoms with Crippen LogP contribution in [-0.2, 0) is 0 Å². The van der Waals surface area contributed by atoms with E-state index in [0.717, 1.165) is 0 Å². The summed E-state index contributed by atoms with van der Waals surface area (Å²) in [6.07, 6.45) is 0. The molecular formula is C9H9BrN2O2. The minimum absolute atomic E-state index is 0.228. The molecule has 1 aromatic carbocycles. The lowest BCUT2D eigenvalue weighted by Gasteiger charge is -2.05. The third kappa shape index (κ3) is 2.32. The smallest absolute Gasteiger partial charge is 0.252 e. The number of hydrogen-bond acceptors (Lipinski definition) is 2. The maximum Gasteiger partial charge on any atom is 0.252 e. The fourth-order valence-electron chi connectivity index (χ4n) is 1.05. The molecule has 0 saturated heterocycles. The first kappa shape index (κ1) is 10.7. The van der Waals surface area contributed by atoms with Crippen LogP contribution in [0, 0.1) is 0 Å². The Hall–Kier alpha value is -1.36. The second-order valence-electron chi connectivity index (χ2n) is 2.55. The van der Waals surface area contributed by atoms with Crippen LogP contribution in [0.2, 0.25) is 0 Å². The Labute approximate surface area is 89.6 Å². The van der Waals surface area contributed by atoms with E-state index in [2.05, 4.69) is 21.2 Å². The van der Waals surface area contributed by atoms with Gasteiger partial charge in [-0.15, -0.1) is 0 Å². The summed E-state index contributed by atoms with van der Waals surface area (Å²) in [5, 5.41) is 2.53. The van der Waals surface area contributed by atoms with Crippen molar-refractivity contribution in [2.24, 2.45) is 5.73 Å². The van der Waals surface area contributed by atoms with Crippen molar-refractivity contribution in [1.29, 1.82) is 0 Å². The third-order valence-corrected chi connectivity index (χ3v) is 1.94. The lowest BCUT2D eigenvalue weighted by molar-refractivity contribution is 0.0942. The molecule has 0 fully saturated rings. The van der Waals surface area contributed by atoms with Crippen LogP contribution in [0.5, 0.6) is 0 Å². The molecule has 74 valence electrons. The van der Waals surface area contributed by atoms with Gasteiger partial charge in [0.25, 0.3) is 5.91 Å². The summed E-state index contributed by atoms with van der Waals surface area (Å²) in [6.45, 7) is 0. The molecule has 0 saturated carbocycles. The van der Waals surface area contributed by atoms with Crippen molar-refractivity contribution in [2.75, 3.05) is 5.45 Å². The van der Waals surface area contributed by atoms with Crippen molar-refractivity contribution in [3.05, 3.63) is 35.4 Å². The minimum Gasteiger partial charge on any atom is -0.366 e. The van der Waals surface area contributed by atoms with Crippen molar-refractivity contribution in [2.45, 2.75) is 0 Å². The molecule has 5 heteroatoms. The van der Waals surface area contributed by atoms with E-state index in [1.807, 2.05) is 0 Å². The molecule has 0 aliphatic heterocycles. The molecule has 14 heavy (non-hydrogen) atoms. The normalized spacial score (nSPS) is 9.50. The Morgan fingerprint density at radius 2 is 1.86 bits per heavy atom. The number of nitrogens with one attached hydrogen (secondary N) is 1. The zero-order chi connectivity index (χ0) is 10.6. The van der Waals surface area contributed by atoms with Gasteiger partial charge in [-0.2, -0.15) is 0 Å². The Bertz CT molecular complexity index is 366. The van der Waals surface area contributed by atoms with E-state index < -0.39 is 5.91 Å². The summed E-state index contributed by atoms with van der Waals surface area (Å²) in [7, 11) is 0. The second-order valence-corrected chi connectivity index (χ2v) is 3.11. The van der Waals surface area contributed by atoms with Crippen LogP contribution in [0.1, 0.15) is 20.7 Å². The molecule has 2 amide bonds. The molecule has 4 nitrogen and oxygen atoms in total. The van der Waals surface area contributed by atoms with Crippen LogP contribution < -0.4 is 11.1 Å². The number of halogens is 1. The van der Waals surface area contributed by atoms with Crippen LogP contribution in [-0.4, -0.2) is 17.3 Å². The zero-order valence-corrected chi connectivity index (χ0v) is 8.87. The van der Waals surface area contributed by atoms with E-state index in [0.29, 0.717) is 11.0 Å². The fraction of sp³-hybridized carbons (Fsp3) is 0.111. The molecule has 0 spiro atoms. The molecule has 0 atom stereocenters. The fourth-order valence-corrected chi connectivity index (χ4v) is 1.31. The zero-order valence-electron chi connectivity index (χ0n) is 7.29. The van der Waals surface area contributed by atoms with Crippen molar-refractivity contribution in [3.63, 3.8) is 0 Å². The molecule has 0 heterocycles. The summed E-state index contributed by atoms with van der Waals surface area (Å²) < 4.78 is 0. The molecule has 0 unspecified atom stereocenters. The third-order valence-electron chi connectivity index (χ3n) is 1.66. The highest BCUT2D eigenvalue weighted by Crippen LogP contribution is 2.07. The number of amides is 2. The summed E-state index contributed by atoms with van der Waals surface area (Å²) in [4.78, 5) is 22.4. The van der Waals surface area contributed by atoms with Gasteiger partial charge in [0.2, 0.25) is 5.91 Å². The van der Waals surface area contributed by atoms with Gasteiger partial charge in [0, 0.05) is 0 Å². The molecule has 1 aromatic rings. The van der Waals surface area contributed by atoms with Gasteiger partial charge >= 0.3 is 0 Å². The van der Waals surface area contributed by atoms with Gasteiger partial charge < -0.3 is 11.1 Å². The van der Waals surface area contributed by atoms with Gasteiger partial charge in [-0.3, -0.25) is 9.59 Å². The van der Waals surface area contributed by atoms with E-state index in [-0.39, 0.29) is 11.5 Å². The number of carbonyl (C=O) groups excluding carboxylic acids is 2. The standard InChI is InChI=1S/C9H9BrN2O2/c10-5-12-9(14)7-4-2-1-3-6(7)8(11)13/h1-4H,5H2,(H2,11,13)(H,12,14). The predicted octanol–water partition coefficient (Wildman–Crippen LogP) is 0.868. The average molecular weight is 257 g/mol. The largest absolute Gasteiger partial charge is 0.366 e. The summed E-state index contributed by atoms with van der Waals surface area (Å²) in [5.41, 5.74) is 5.97. The summed E-state index contributed by atoms with van der Waals surface area (Å²) >= 11 is 3.06. The molecule has 3 N–H and O–H groups in total. The van der Waals surface area contributed by atoms with Gasteiger partial charge in [0.1, 0.15) is 0 Å². The lowest BCUT2D eigenvalue weighted by Crippen LogP contribution is -2.25. The number of rotatable bonds is 3. The molecule has 0 radical (unpaired) electrons. The van der Waals surface area contributed by atoms with Gasteiger partial charge in [-0.25, -0.2) is 0 Å². The second kappa shape index (κ2) is 4.76. The Morgan fingerprint density at radius 1 is 1.29 bits per heavy atom. The van der Waals surface area contributed by atoms with E-state index in [9.17, 15) is 9.59 Å². The highest BCUT2D eigenvalue weighted by Gasteiger charge is 2.12. The first-order chi connectivity index (χ1) is 6.66.